The minimum absolute atomic E-state index is 0.552. The van der Waals surface area contributed by atoms with Crippen LogP contribution in [0.5, 0.6) is 5.75 Å². The van der Waals surface area contributed by atoms with Crippen LogP contribution in [-0.2, 0) is 0 Å². The van der Waals surface area contributed by atoms with Crippen molar-refractivity contribution in [2.24, 2.45) is 0 Å². The number of halogens is 3. The largest absolute Gasteiger partial charge is 0.497 e. The van der Waals surface area contributed by atoms with Gasteiger partial charge in [0.15, 0.2) is 0 Å². The summed E-state index contributed by atoms with van der Waals surface area (Å²) in [6.07, 6.45) is -2.40. The molecule has 0 spiro atoms. The molecule has 0 N–H and O–H groups in total. The summed E-state index contributed by atoms with van der Waals surface area (Å²) >= 11 is 2.91. The predicted molar refractivity (Wildman–Crippen MR) is 50.7 cm³/mol. The Morgan fingerprint density at radius 1 is 1.23 bits per heavy atom. The van der Waals surface area contributed by atoms with E-state index in [2.05, 4.69) is 15.9 Å². The standard InChI is InChI=1S/C9H9BrF2O/c1-13-7-4-2-6(3-5-7)8(10)9(11)12/h2-5,8-9H,1H3. The Bertz CT molecular complexity index is 261. The summed E-state index contributed by atoms with van der Waals surface area (Å²) in [5.41, 5.74) is 0.552. The lowest BCUT2D eigenvalue weighted by molar-refractivity contribution is 0.147. The zero-order chi connectivity index (χ0) is 9.84. The molecule has 0 radical (unpaired) electrons. The molecule has 1 aromatic rings. The lowest BCUT2D eigenvalue weighted by Crippen LogP contribution is -2.00. The van der Waals surface area contributed by atoms with Gasteiger partial charge in [0.2, 0.25) is 0 Å². The summed E-state index contributed by atoms with van der Waals surface area (Å²) in [7, 11) is 1.54. The molecule has 13 heavy (non-hydrogen) atoms. The lowest BCUT2D eigenvalue weighted by atomic mass is 10.1. The van der Waals surface area contributed by atoms with Gasteiger partial charge in [-0.05, 0) is 17.7 Å². The number of ether oxygens (including phenoxy) is 1. The third kappa shape index (κ3) is 2.66. The quantitative estimate of drug-likeness (QED) is 0.748. The van der Waals surface area contributed by atoms with Crippen LogP contribution >= 0.6 is 15.9 Å². The fraction of sp³-hybridized carbons (Fsp3) is 0.333. The van der Waals surface area contributed by atoms with Gasteiger partial charge in [-0.2, -0.15) is 0 Å². The number of methoxy groups -OCH3 is 1. The zero-order valence-electron chi connectivity index (χ0n) is 7.01. The molecule has 1 atom stereocenters. The Hall–Kier alpha value is -0.640. The average molecular weight is 251 g/mol. The van der Waals surface area contributed by atoms with Crippen molar-refractivity contribution in [2.75, 3.05) is 7.11 Å². The van der Waals surface area contributed by atoms with Gasteiger partial charge in [-0.15, -0.1) is 0 Å². The maximum atomic E-state index is 12.2. The highest BCUT2D eigenvalue weighted by Crippen LogP contribution is 2.30. The summed E-state index contributed by atoms with van der Waals surface area (Å²) in [6, 6.07) is 6.55. The van der Waals surface area contributed by atoms with E-state index >= 15 is 0 Å². The van der Waals surface area contributed by atoms with Crippen LogP contribution in [0.1, 0.15) is 10.4 Å². The Morgan fingerprint density at radius 3 is 2.15 bits per heavy atom. The molecule has 0 amide bonds. The molecular weight excluding hydrogens is 242 g/mol. The van der Waals surface area contributed by atoms with E-state index in [1.165, 1.54) is 7.11 Å². The first kappa shape index (κ1) is 10.4. The minimum atomic E-state index is -2.40. The SMILES string of the molecule is COc1ccc(C(Br)C(F)F)cc1. The van der Waals surface area contributed by atoms with Crippen molar-refractivity contribution in [2.45, 2.75) is 11.3 Å². The molecule has 0 bridgehead atoms. The van der Waals surface area contributed by atoms with E-state index in [0.717, 1.165) is 0 Å². The van der Waals surface area contributed by atoms with Crippen molar-refractivity contribution in [3.63, 3.8) is 0 Å². The predicted octanol–water partition coefficient (Wildman–Crippen LogP) is 3.40. The Labute approximate surface area is 83.8 Å². The molecule has 0 saturated carbocycles. The van der Waals surface area contributed by atoms with Gasteiger partial charge in [0.25, 0.3) is 6.43 Å². The number of hydrogen-bond acceptors (Lipinski definition) is 1. The summed E-state index contributed by atoms with van der Waals surface area (Å²) in [4.78, 5) is -0.904. The van der Waals surface area contributed by atoms with Gasteiger partial charge in [0.1, 0.15) is 10.6 Å². The van der Waals surface area contributed by atoms with E-state index in [4.69, 9.17) is 4.74 Å². The van der Waals surface area contributed by atoms with E-state index in [0.29, 0.717) is 11.3 Å². The topological polar surface area (TPSA) is 9.23 Å². The van der Waals surface area contributed by atoms with E-state index in [1.54, 1.807) is 24.3 Å². The van der Waals surface area contributed by atoms with Crippen molar-refractivity contribution in [3.05, 3.63) is 29.8 Å². The van der Waals surface area contributed by atoms with Crippen molar-refractivity contribution in [3.8, 4) is 5.75 Å². The van der Waals surface area contributed by atoms with Crippen LogP contribution in [0.2, 0.25) is 0 Å². The first-order valence-electron chi connectivity index (χ1n) is 3.71. The zero-order valence-corrected chi connectivity index (χ0v) is 8.59. The second-order valence-corrected chi connectivity index (χ2v) is 3.50. The second kappa shape index (κ2) is 4.56. The van der Waals surface area contributed by atoms with Gasteiger partial charge in [-0.3, -0.25) is 0 Å². The minimum Gasteiger partial charge on any atom is -0.497 e. The fourth-order valence-electron chi connectivity index (χ4n) is 0.933. The van der Waals surface area contributed by atoms with Gasteiger partial charge < -0.3 is 4.74 Å². The Balaban J connectivity index is 2.79. The molecule has 72 valence electrons. The molecule has 0 aliphatic heterocycles. The molecule has 0 fully saturated rings. The van der Waals surface area contributed by atoms with E-state index < -0.39 is 11.3 Å². The molecule has 0 aromatic heterocycles. The monoisotopic (exact) mass is 250 g/mol. The van der Waals surface area contributed by atoms with Gasteiger partial charge in [-0.1, -0.05) is 28.1 Å². The summed E-state index contributed by atoms with van der Waals surface area (Å²) in [5, 5.41) is 0. The highest BCUT2D eigenvalue weighted by Gasteiger charge is 2.18. The van der Waals surface area contributed by atoms with Crippen LogP contribution in [0.4, 0.5) is 8.78 Å². The van der Waals surface area contributed by atoms with Crippen LogP contribution in [0.3, 0.4) is 0 Å². The van der Waals surface area contributed by atoms with Crippen LogP contribution in [0, 0.1) is 0 Å². The highest BCUT2D eigenvalue weighted by molar-refractivity contribution is 9.09. The van der Waals surface area contributed by atoms with Crippen molar-refractivity contribution < 1.29 is 13.5 Å². The maximum absolute atomic E-state index is 12.2. The fourth-order valence-corrected chi connectivity index (χ4v) is 1.24. The molecule has 1 nitrogen and oxygen atoms in total. The Morgan fingerprint density at radius 2 is 1.77 bits per heavy atom. The number of benzene rings is 1. The van der Waals surface area contributed by atoms with Crippen molar-refractivity contribution in [1.29, 1.82) is 0 Å². The van der Waals surface area contributed by atoms with Gasteiger partial charge in [-0.25, -0.2) is 8.78 Å². The smallest absolute Gasteiger partial charge is 0.255 e. The summed E-state index contributed by atoms with van der Waals surface area (Å²) in [5.74, 6) is 0.665. The van der Waals surface area contributed by atoms with Gasteiger partial charge in [0, 0.05) is 0 Å². The molecule has 1 rings (SSSR count). The number of rotatable bonds is 3. The van der Waals surface area contributed by atoms with Crippen molar-refractivity contribution in [1.82, 2.24) is 0 Å². The third-order valence-corrected chi connectivity index (χ3v) is 2.58. The molecule has 1 aromatic carbocycles. The average Bonchev–Trinajstić information content (AvgIpc) is 2.17. The number of hydrogen-bond donors (Lipinski definition) is 0. The summed E-state index contributed by atoms with van der Waals surface area (Å²) < 4.78 is 29.3. The molecule has 1 unspecified atom stereocenters. The lowest BCUT2D eigenvalue weighted by Gasteiger charge is -2.08. The third-order valence-electron chi connectivity index (χ3n) is 1.66. The van der Waals surface area contributed by atoms with Crippen LogP contribution in [-0.4, -0.2) is 13.5 Å². The molecule has 0 aliphatic carbocycles. The van der Waals surface area contributed by atoms with Gasteiger partial charge in [0.05, 0.1) is 7.11 Å². The molecule has 4 heteroatoms. The normalized spacial score (nSPS) is 13.0. The molecular formula is C9H9BrF2O. The van der Waals surface area contributed by atoms with Gasteiger partial charge >= 0.3 is 0 Å². The Kier molecular flexibility index (Phi) is 3.66. The first-order valence-corrected chi connectivity index (χ1v) is 4.63. The molecule has 0 saturated heterocycles. The van der Waals surface area contributed by atoms with E-state index in [-0.39, 0.29) is 0 Å². The van der Waals surface area contributed by atoms with Crippen LogP contribution in [0.15, 0.2) is 24.3 Å². The first-order chi connectivity index (χ1) is 6.15. The number of alkyl halides is 3. The molecule has 0 aliphatic rings. The van der Waals surface area contributed by atoms with E-state index in [9.17, 15) is 8.78 Å². The maximum Gasteiger partial charge on any atom is 0.255 e. The summed E-state index contributed by atoms with van der Waals surface area (Å²) in [6.45, 7) is 0. The molecule has 0 heterocycles. The van der Waals surface area contributed by atoms with E-state index in [1.807, 2.05) is 0 Å². The van der Waals surface area contributed by atoms with Crippen LogP contribution in [0.25, 0.3) is 0 Å². The van der Waals surface area contributed by atoms with Crippen molar-refractivity contribution >= 4 is 15.9 Å². The highest BCUT2D eigenvalue weighted by atomic mass is 79.9. The second-order valence-electron chi connectivity index (χ2n) is 2.51. The van der Waals surface area contributed by atoms with Crippen LogP contribution < -0.4 is 4.74 Å².